The van der Waals surface area contributed by atoms with Gasteiger partial charge in [0.2, 0.25) is 0 Å². The van der Waals surface area contributed by atoms with Gasteiger partial charge in [-0.1, -0.05) is 34.1 Å². The number of nitrogens with zero attached hydrogens (tertiary/aromatic N) is 1. The van der Waals surface area contributed by atoms with E-state index in [1.165, 1.54) is 5.56 Å². The monoisotopic (exact) mass is 349 g/mol. The first-order valence-electron chi connectivity index (χ1n) is 6.98. The van der Waals surface area contributed by atoms with E-state index in [1.54, 1.807) is 6.92 Å². The minimum atomic E-state index is -0.0797. The lowest BCUT2D eigenvalue weighted by molar-refractivity contribution is 0.486. The van der Waals surface area contributed by atoms with E-state index in [1.807, 2.05) is 32.0 Å². The van der Waals surface area contributed by atoms with Crippen LogP contribution < -0.4 is 10.9 Å². The van der Waals surface area contributed by atoms with Crippen LogP contribution in [-0.2, 0) is 0 Å². The van der Waals surface area contributed by atoms with Crippen LogP contribution in [0.5, 0.6) is 0 Å². The molecule has 2 N–H and O–H groups in total. The van der Waals surface area contributed by atoms with Crippen molar-refractivity contribution in [2.24, 2.45) is 0 Å². The summed E-state index contributed by atoms with van der Waals surface area (Å²) in [4.78, 5) is 19.3. The normalized spacial score (nSPS) is 14.0. The van der Waals surface area contributed by atoms with Crippen molar-refractivity contribution in [3.8, 4) is 0 Å². The smallest absolute Gasteiger partial charge is 0.255 e. The molecule has 0 aliphatic rings. The van der Waals surface area contributed by atoms with E-state index in [4.69, 9.17) is 0 Å². The third-order valence-corrected chi connectivity index (χ3v) is 4.29. The molecule has 2 rings (SSSR count). The zero-order valence-electron chi connectivity index (χ0n) is 12.7. The standard InChI is InChI=1S/C16H20BrN3O/c1-9(13-7-5-6-8-14(13)17)18-10(2)15-11(3)19-12(4)20-16(15)21/h5-10,18H,1-4H3,(H,19,20,21)/t9-,10?/m1/s1. The highest BCUT2D eigenvalue weighted by molar-refractivity contribution is 9.10. The van der Waals surface area contributed by atoms with Crippen molar-refractivity contribution < 1.29 is 0 Å². The van der Waals surface area contributed by atoms with Crippen molar-refractivity contribution in [1.82, 2.24) is 15.3 Å². The number of hydrogen-bond acceptors (Lipinski definition) is 3. The Balaban J connectivity index is 2.25. The molecule has 5 heteroatoms. The minimum Gasteiger partial charge on any atom is -0.310 e. The molecule has 21 heavy (non-hydrogen) atoms. The first kappa shape index (κ1) is 15.9. The van der Waals surface area contributed by atoms with Crippen LogP contribution in [0.1, 0.15) is 48.6 Å². The molecule has 2 atom stereocenters. The Kier molecular flexibility index (Phi) is 4.96. The number of H-pyrrole nitrogens is 1. The molecule has 1 unspecified atom stereocenters. The summed E-state index contributed by atoms with van der Waals surface area (Å²) in [6.45, 7) is 7.74. The largest absolute Gasteiger partial charge is 0.310 e. The van der Waals surface area contributed by atoms with Crippen molar-refractivity contribution in [3.63, 3.8) is 0 Å². The van der Waals surface area contributed by atoms with Gasteiger partial charge in [-0.15, -0.1) is 0 Å². The van der Waals surface area contributed by atoms with Gasteiger partial charge in [-0.3, -0.25) is 4.79 Å². The van der Waals surface area contributed by atoms with Gasteiger partial charge in [0.15, 0.2) is 0 Å². The molecule has 1 aromatic heterocycles. The maximum absolute atomic E-state index is 12.1. The Morgan fingerprint density at radius 3 is 2.48 bits per heavy atom. The van der Waals surface area contributed by atoms with Crippen molar-refractivity contribution in [3.05, 3.63) is 61.7 Å². The van der Waals surface area contributed by atoms with Gasteiger partial charge in [0, 0.05) is 22.3 Å². The molecule has 1 heterocycles. The van der Waals surface area contributed by atoms with E-state index in [2.05, 4.69) is 44.2 Å². The Morgan fingerprint density at radius 1 is 1.19 bits per heavy atom. The maximum atomic E-state index is 12.1. The number of hydrogen-bond donors (Lipinski definition) is 2. The average molecular weight is 350 g/mol. The van der Waals surface area contributed by atoms with Gasteiger partial charge in [-0.2, -0.15) is 0 Å². The number of benzene rings is 1. The predicted octanol–water partition coefficient (Wildman–Crippen LogP) is 3.56. The molecular weight excluding hydrogens is 330 g/mol. The van der Waals surface area contributed by atoms with Gasteiger partial charge in [-0.05, 0) is 39.3 Å². The lowest BCUT2D eigenvalue weighted by atomic mass is 10.0. The van der Waals surface area contributed by atoms with Crippen molar-refractivity contribution >= 4 is 15.9 Å². The van der Waals surface area contributed by atoms with Crippen LogP contribution in [0.15, 0.2) is 33.5 Å². The molecule has 0 amide bonds. The zero-order valence-corrected chi connectivity index (χ0v) is 14.3. The molecule has 2 aromatic rings. The molecule has 0 aliphatic carbocycles. The Morgan fingerprint density at radius 2 is 1.86 bits per heavy atom. The third kappa shape index (κ3) is 3.60. The molecule has 0 radical (unpaired) electrons. The van der Waals surface area contributed by atoms with E-state index < -0.39 is 0 Å². The van der Waals surface area contributed by atoms with Crippen molar-refractivity contribution in [1.29, 1.82) is 0 Å². The Labute approximate surface area is 133 Å². The number of aromatic nitrogens is 2. The Hall–Kier alpha value is -1.46. The van der Waals surface area contributed by atoms with Crippen LogP contribution in [0.2, 0.25) is 0 Å². The van der Waals surface area contributed by atoms with Crippen LogP contribution in [-0.4, -0.2) is 9.97 Å². The Bertz CT molecular complexity index is 696. The topological polar surface area (TPSA) is 57.8 Å². The summed E-state index contributed by atoms with van der Waals surface area (Å²) in [5.41, 5.74) is 2.56. The quantitative estimate of drug-likeness (QED) is 0.887. The number of aromatic amines is 1. The zero-order chi connectivity index (χ0) is 15.6. The molecule has 0 saturated heterocycles. The number of nitrogens with one attached hydrogen (secondary N) is 2. The molecule has 112 valence electrons. The third-order valence-electron chi connectivity index (χ3n) is 3.57. The number of halogens is 1. The van der Waals surface area contributed by atoms with Crippen molar-refractivity contribution in [2.45, 2.75) is 39.8 Å². The van der Waals surface area contributed by atoms with Crippen LogP contribution in [0.3, 0.4) is 0 Å². The van der Waals surface area contributed by atoms with Crippen molar-refractivity contribution in [2.75, 3.05) is 0 Å². The SMILES string of the molecule is Cc1nc(C)c(C(C)N[C@H](C)c2ccccc2Br)c(=O)[nH]1. The predicted molar refractivity (Wildman–Crippen MR) is 88.4 cm³/mol. The highest BCUT2D eigenvalue weighted by Crippen LogP contribution is 2.25. The lowest BCUT2D eigenvalue weighted by Crippen LogP contribution is -2.29. The summed E-state index contributed by atoms with van der Waals surface area (Å²) in [6.07, 6.45) is 0. The second-order valence-corrected chi connectivity index (χ2v) is 6.14. The second kappa shape index (κ2) is 6.54. The number of aryl methyl sites for hydroxylation is 2. The summed E-state index contributed by atoms with van der Waals surface area (Å²) in [6, 6.07) is 8.12. The summed E-state index contributed by atoms with van der Waals surface area (Å²) >= 11 is 3.56. The average Bonchev–Trinajstić information content (AvgIpc) is 2.37. The van der Waals surface area contributed by atoms with Gasteiger partial charge in [0.25, 0.3) is 5.56 Å². The summed E-state index contributed by atoms with van der Waals surface area (Å²) in [5.74, 6) is 0.646. The molecule has 4 nitrogen and oxygen atoms in total. The molecule has 0 spiro atoms. The highest BCUT2D eigenvalue weighted by Gasteiger charge is 2.18. The van der Waals surface area contributed by atoms with Crippen LogP contribution in [0, 0.1) is 13.8 Å². The van der Waals surface area contributed by atoms with E-state index in [9.17, 15) is 4.79 Å². The molecule has 0 saturated carbocycles. The maximum Gasteiger partial charge on any atom is 0.255 e. The first-order valence-corrected chi connectivity index (χ1v) is 7.77. The van der Waals surface area contributed by atoms with Gasteiger partial charge in [-0.25, -0.2) is 4.98 Å². The molecule has 0 aliphatic heterocycles. The van der Waals surface area contributed by atoms with Gasteiger partial charge in [0.05, 0.1) is 5.56 Å². The van der Waals surface area contributed by atoms with E-state index in [0.717, 1.165) is 10.2 Å². The minimum absolute atomic E-state index is 0.0701. The molecular formula is C16H20BrN3O. The fourth-order valence-electron chi connectivity index (χ4n) is 2.62. The summed E-state index contributed by atoms with van der Waals surface area (Å²) in [7, 11) is 0. The fraction of sp³-hybridized carbons (Fsp3) is 0.375. The lowest BCUT2D eigenvalue weighted by Gasteiger charge is -2.22. The van der Waals surface area contributed by atoms with E-state index in [-0.39, 0.29) is 17.6 Å². The molecule has 1 aromatic carbocycles. The van der Waals surface area contributed by atoms with Gasteiger partial charge < -0.3 is 10.3 Å². The van der Waals surface area contributed by atoms with E-state index >= 15 is 0 Å². The summed E-state index contributed by atoms with van der Waals surface area (Å²) in [5, 5.41) is 3.46. The number of rotatable bonds is 4. The van der Waals surface area contributed by atoms with E-state index in [0.29, 0.717) is 11.4 Å². The van der Waals surface area contributed by atoms with Crippen LogP contribution in [0.4, 0.5) is 0 Å². The van der Waals surface area contributed by atoms with Crippen LogP contribution >= 0.6 is 15.9 Å². The second-order valence-electron chi connectivity index (χ2n) is 5.28. The van der Waals surface area contributed by atoms with Crippen LogP contribution in [0.25, 0.3) is 0 Å². The fourth-order valence-corrected chi connectivity index (χ4v) is 3.25. The molecule has 0 fully saturated rings. The highest BCUT2D eigenvalue weighted by atomic mass is 79.9. The van der Waals surface area contributed by atoms with Gasteiger partial charge in [0.1, 0.15) is 5.82 Å². The summed E-state index contributed by atoms with van der Waals surface area (Å²) < 4.78 is 1.06. The molecule has 0 bridgehead atoms. The first-order chi connectivity index (χ1) is 9.90. The van der Waals surface area contributed by atoms with Gasteiger partial charge >= 0.3 is 0 Å².